The maximum atomic E-state index is 13.1. The molecule has 1 aromatic heterocycles. The van der Waals surface area contributed by atoms with Gasteiger partial charge in [-0.15, -0.1) is 0 Å². The number of nitrogens with one attached hydrogen (secondary N) is 1. The van der Waals surface area contributed by atoms with Crippen molar-refractivity contribution in [1.82, 2.24) is 9.78 Å². The lowest BCUT2D eigenvalue weighted by Crippen LogP contribution is -2.22. The Morgan fingerprint density at radius 3 is 2.77 bits per heavy atom. The lowest BCUT2D eigenvalue weighted by atomic mass is 10.1. The Labute approximate surface area is 154 Å². The standard InChI is InChI=1S/C19H15ClFN3O2/c20-15-3-1-2-4-16(15)22-19(25)17-9-14-11-26-18(10-24(14)23-17)12-5-7-13(21)8-6-12/h1-9,18H,10-11H2,(H,22,25)/t18-/m0/s1. The molecule has 0 saturated heterocycles. The van der Waals surface area contributed by atoms with Crippen molar-refractivity contribution in [2.75, 3.05) is 5.32 Å². The molecule has 5 nitrogen and oxygen atoms in total. The van der Waals surface area contributed by atoms with E-state index in [1.165, 1.54) is 12.1 Å². The number of benzene rings is 2. The lowest BCUT2D eigenvalue weighted by molar-refractivity contribution is -0.00122. The number of rotatable bonds is 3. The molecule has 1 atom stereocenters. The number of carbonyl (C=O) groups excluding carboxylic acids is 1. The molecule has 26 heavy (non-hydrogen) atoms. The molecule has 0 fully saturated rings. The van der Waals surface area contributed by atoms with Crippen LogP contribution in [0.3, 0.4) is 0 Å². The second-order valence-corrected chi connectivity index (χ2v) is 6.40. The normalized spacial score (nSPS) is 16.2. The lowest BCUT2D eigenvalue weighted by Gasteiger charge is -2.24. The average Bonchev–Trinajstić information content (AvgIpc) is 3.07. The molecule has 7 heteroatoms. The number of nitrogens with zero attached hydrogens (tertiary/aromatic N) is 2. The SMILES string of the molecule is O=C(Nc1ccccc1Cl)c1cc2n(n1)C[C@@H](c1ccc(F)cc1)OC2. The van der Waals surface area contributed by atoms with Crippen molar-refractivity contribution in [3.63, 3.8) is 0 Å². The topological polar surface area (TPSA) is 56.2 Å². The molecule has 0 saturated carbocycles. The highest BCUT2D eigenvalue weighted by molar-refractivity contribution is 6.33. The fourth-order valence-electron chi connectivity index (χ4n) is 2.86. The number of halogens is 2. The Hall–Kier alpha value is -2.70. The first kappa shape index (κ1) is 16.8. The number of aromatic nitrogens is 2. The molecule has 1 amide bonds. The van der Waals surface area contributed by atoms with Crippen molar-refractivity contribution in [2.24, 2.45) is 0 Å². The monoisotopic (exact) mass is 371 g/mol. The summed E-state index contributed by atoms with van der Waals surface area (Å²) in [7, 11) is 0. The van der Waals surface area contributed by atoms with E-state index in [2.05, 4.69) is 10.4 Å². The number of ether oxygens (including phenoxy) is 1. The van der Waals surface area contributed by atoms with Crippen LogP contribution in [0, 0.1) is 5.82 Å². The third-order valence-electron chi connectivity index (χ3n) is 4.23. The average molecular weight is 372 g/mol. The van der Waals surface area contributed by atoms with Crippen molar-refractivity contribution in [3.8, 4) is 0 Å². The Morgan fingerprint density at radius 2 is 2.00 bits per heavy atom. The summed E-state index contributed by atoms with van der Waals surface area (Å²) in [5.74, 6) is -0.624. The predicted molar refractivity (Wildman–Crippen MR) is 95.6 cm³/mol. The molecule has 1 aliphatic heterocycles. The zero-order chi connectivity index (χ0) is 18.1. The number of hydrogen-bond donors (Lipinski definition) is 1. The Morgan fingerprint density at radius 1 is 1.23 bits per heavy atom. The van der Waals surface area contributed by atoms with Crippen LogP contribution in [0.25, 0.3) is 0 Å². The van der Waals surface area contributed by atoms with Crippen LogP contribution < -0.4 is 5.32 Å². The molecule has 4 rings (SSSR count). The van der Waals surface area contributed by atoms with Gasteiger partial charge in [-0.05, 0) is 35.9 Å². The second-order valence-electron chi connectivity index (χ2n) is 5.99. The highest BCUT2D eigenvalue weighted by Crippen LogP contribution is 2.27. The summed E-state index contributed by atoms with van der Waals surface area (Å²) in [5.41, 5.74) is 2.51. The van der Waals surface area contributed by atoms with Crippen molar-refractivity contribution in [3.05, 3.63) is 82.4 Å². The highest BCUT2D eigenvalue weighted by Gasteiger charge is 2.24. The van der Waals surface area contributed by atoms with Crippen molar-refractivity contribution >= 4 is 23.2 Å². The zero-order valence-corrected chi connectivity index (χ0v) is 14.4. The van der Waals surface area contributed by atoms with E-state index in [4.69, 9.17) is 16.3 Å². The smallest absolute Gasteiger partial charge is 0.276 e. The quantitative estimate of drug-likeness (QED) is 0.750. The van der Waals surface area contributed by atoms with Crippen LogP contribution in [0.2, 0.25) is 5.02 Å². The largest absolute Gasteiger partial charge is 0.365 e. The van der Waals surface area contributed by atoms with Crippen LogP contribution >= 0.6 is 11.6 Å². The summed E-state index contributed by atoms with van der Waals surface area (Å²) in [6.07, 6.45) is -0.234. The van der Waals surface area contributed by atoms with E-state index in [0.29, 0.717) is 29.6 Å². The minimum absolute atomic E-state index is 0.234. The summed E-state index contributed by atoms with van der Waals surface area (Å²) < 4.78 is 20.7. The fraction of sp³-hybridized carbons (Fsp3) is 0.158. The number of para-hydroxylation sites is 1. The second kappa shape index (κ2) is 6.90. The van der Waals surface area contributed by atoms with E-state index in [-0.39, 0.29) is 17.8 Å². The van der Waals surface area contributed by atoms with E-state index in [0.717, 1.165) is 11.3 Å². The molecule has 0 radical (unpaired) electrons. The molecule has 0 aliphatic carbocycles. The summed E-state index contributed by atoms with van der Waals surface area (Å²) >= 11 is 6.07. The molecule has 1 N–H and O–H groups in total. The Balaban J connectivity index is 1.51. The van der Waals surface area contributed by atoms with E-state index in [9.17, 15) is 9.18 Å². The molecule has 3 aromatic rings. The van der Waals surface area contributed by atoms with E-state index < -0.39 is 0 Å². The highest BCUT2D eigenvalue weighted by atomic mass is 35.5. The minimum Gasteiger partial charge on any atom is -0.365 e. The van der Waals surface area contributed by atoms with Crippen molar-refractivity contribution in [2.45, 2.75) is 19.3 Å². The third kappa shape index (κ3) is 3.34. The van der Waals surface area contributed by atoms with Gasteiger partial charge in [0.25, 0.3) is 5.91 Å². The van der Waals surface area contributed by atoms with E-state index in [1.54, 1.807) is 47.1 Å². The summed E-state index contributed by atoms with van der Waals surface area (Å²) in [4.78, 5) is 12.4. The van der Waals surface area contributed by atoms with Gasteiger partial charge in [0.15, 0.2) is 5.69 Å². The zero-order valence-electron chi connectivity index (χ0n) is 13.7. The van der Waals surface area contributed by atoms with Crippen LogP contribution in [0.15, 0.2) is 54.6 Å². The summed E-state index contributed by atoms with van der Waals surface area (Å²) in [6, 6.07) is 14.9. The molecule has 2 aromatic carbocycles. The molecular formula is C19H15ClFN3O2. The minimum atomic E-state index is -0.335. The van der Waals surface area contributed by atoms with Crippen molar-refractivity contribution in [1.29, 1.82) is 0 Å². The van der Waals surface area contributed by atoms with Gasteiger partial charge in [0.2, 0.25) is 0 Å². The molecule has 0 unspecified atom stereocenters. The van der Waals surface area contributed by atoms with Gasteiger partial charge in [0.05, 0.1) is 29.6 Å². The molecule has 2 heterocycles. The number of anilines is 1. The van der Waals surface area contributed by atoms with Crippen LogP contribution in [-0.4, -0.2) is 15.7 Å². The number of fused-ring (bicyclic) bond motifs is 1. The Kier molecular flexibility index (Phi) is 4.44. The third-order valence-corrected chi connectivity index (χ3v) is 4.56. The molecule has 132 valence electrons. The maximum Gasteiger partial charge on any atom is 0.276 e. The van der Waals surface area contributed by atoms with Crippen LogP contribution in [0.1, 0.15) is 27.8 Å². The summed E-state index contributed by atoms with van der Waals surface area (Å²) in [6.45, 7) is 0.786. The van der Waals surface area contributed by atoms with Gasteiger partial charge in [-0.2, -0.15) is 5.10 Å². The van der Waals surface area contributed by atoms with Gasteiger partial charge >= 0.3 is 0 Å². The van der Waals surface area contributed by atoms with Gasteiger partial charge in [-0.25, -0.2) is 4.39 Å². The first-order valence-electron chi connectivity index (χ1n) is 8.10. The van der Waals surface area contributed by atoms with Crippen LogP contribution in [0.5, 0.6) is 0 Å². The number of hydrogen-bond acceptors (Lipinski definition) is 3. The predicted octanol–water partition coefficient (Wildman–Crippen LogP) is 4.20. The molecule has 1 aliphatic rings. The number of amides is 1. The van der Waals surface area contributed by atoms with Gasteiger partial charge in [0, 0.05) is 0 Å². The van der Waals surface area contributed by atoms with E-state index >= 15 is 0 Å². The van der Waals surface area contributed by atoms with Gasteiger partial charge in [-0.3, -0.25) is 9.48 Å². The van der Waals surface area contributed by atoms with Crippen LogP contribution in [-0.2, 0) is 17.9 Å². The first-order valence-corrected chi connectivity index (χ1v) is 8.47. The van der Waals surface area contributed by atoms with Gasteiger partial charge < -0.3 is 10.1 Å². The van der Waals surface area contributed by atoms with Crippen LogP contribution in [0.4, 0.5) is 10.1 Å². The molecular weight excluding hydrogens is 357 g/mol. The van der Waals surface area contributed by atoms with Crippen molar-refractivity contribution < 1.29 is 13.9 Å². The maximum absolute atomic E-state index is 13.1. The van der Waals surface area contributed by atoms with Gasteiger partial charge in [0.1, 0.15) is 11.9 Å². The summed E-state index contributed by atoms with van der Waals surface area (Å²) in [5, 5.41) is 7.60. The molecule has 0 bridgehead atoms. The van der Waals surface area contributed by atoms with E-state index in [1.807, 2.05) is 0 Å². The Bertz CT molecular complexity index is 956. The first-order chi connectivity index (χ1) is 12.6. The van der Waals surface area contributed by atoms with Gasteiger partial charge in [-0.1, -0.05) is 35.9 Å². The molecule has 0 spiro atoms. The fourth-order valence-corrected chi connectivity index (χ4v) is 3.05. The number of carbonyl (C=O) groups is 1.